The highest BCUT2D eigenvalue weighted by Gasteiger charge is 2.38. The predicted octanol–water partition coefficient (Wildman–Crippen LogP) is 4.00. The molecule has 0 saturated carbocycles. The summed E-state index contributed by atoms with van der Waals surface area (Å²) in [5.41, 5.74) is 1.37. The molecule has 37 heavy (non-hydrogen) atoms. The molecular formula is C26H17ClN4O5S. The number of thioether (sulfide) groups is 1. The van der Waals surface area contributed by atoms with E-state index in [0.717, 1.165) is 21.6 Å². The minimum Gasteiger partial charge on any atom is -0.350 e. The number of aromatic nitrogens is 1. The maximum absolute atomic E-state index is 13.0. The van der Waals surface area contributed by atoms with Crippen LogP contribution in [0.15, 0.2) is 71.9 Å². The molecule has 0 radical (unpaired) electrons. The zero-order valence-corrected chi connectivity index (χ0v) is 20.6. The first-order chi connectivity index (χ1) is 17.8. The van der Waals surface area contributed by atoms with Crippen molar-refractivity contribution in [2.45, 2.75) is 0 Å². The van der Waals surface area contributed by atoms with Crippen molar-refractivity contribution in [2.24, 2.45) is 0 Å². The van der Waals surface area contributed by atoms with Crippen LogP contribution in [0.25, 0.3) is 6.08 Å². The monoisotopic (exact) mass is 532 g/mol. The van der Waals surface area contributed by atoms with Gasteiger partial charge in [0.1, 0.15) is 0 Å². The molecule has 2 aliphatic heterocycles. The van der Waals surface area contributed by atoms with Gasteiger partial charge in [0.15, 0.2) is 0 Å². The number of rotatable bonds is 6. The summed E-state index contributed by atoms with van der Waals surface area (Å²) in [6.45, 7) is -0.0177. The standard InChI is InChI=1S/C26H17ClN4O5S/c27-19-5-1-2-6-20(19)31-23(33)17-8-7-16(13-18(17)24(31)34)22(32)29-10-11-30-25(35)21(37-26(30)36)12-15-4-3-9-28-14-15/h1-9,12-14H,10-11H2,(H,29,32)/b21-12+. The normalized spacial score (nSPS) is 16.1. The Balaban J connectivity index is 1.24. The number of hydrogen-bond acceptors (Lipinski definition) is 7. The van der Waals surface area contributed by atoms with Crippen LogP contribution < -0.4 is 10.2 Å². The number of pyridine rings is 1. The van der Waals surface area contributed by atoms with E-state index in [1.165, 1.54) is 18.2 Å². The maximum Gasteiger partial charge on any atom is 0.293 e. The molecule has 9 nitrogen and oxygen atoms in total. The van der Waals surface area contributed by atoms with E-state index in [-0.39, 0.29) is 45.4 Å². The lowest BCUT2D eigenvalue weighted by Gasteiger charge is -2.15. The summed E-state index contributed by atoms with van der Waals surface area (Å²) in [5, 5.41) is 2.46. The lowest BCUT2D eigenvalue weighted by atomic mass is 10.1. The van der Waals surface area contributed by atoms with Crippen molar-refractivity contribution in [3.05, 3.63) is 99.2 Å². The summed E-state index contributed by atoms with van der Waals surface area (Å²) < 4.78 is 0. The van der Waals surface area contributed by atoms with Crippen molar-refractivity contribution in [1.29, 1.82) is 0 Å². The predicted molar refractivity (Wildman–Crippen MR) is 138 cm³/mol. The smallest absolute Gasteiger partial charge is 0.293 e. The van der Waals surface area contributed by atoms with Gasteiger partial charge in [-0.3, -0.25) is 33.9 Å². The Kier molecular flexibility index (Phi) is 6.60. The van der Waals surface area contributed by atoms with Gasteiger partial charge in [0, 0.05) is 31.0 Å². The Morgan fingerprint density at radius 1 is 0.973 bits per heavy atom. The van der Waals surface area contributed by atoms with Gasteiger partial charge in [-0.1, -0.05) is 29.8 Å². The first-order valence-electron chi connectivity index (χ1n) is 11.1. The van der Waals surface area contributed by atoms with Gasteiger partial charge in [-0.05, 0) is 59.8 Å². The fraction of sp³-hybridized carbons (Fsp3) is 0.0769. The third-order valence-corrected chi connectivity index (χ3v) is 6.95. The molecule has 0 atom stereocenters. The molecule has 0 spiro atoms. The molecule has 5 rings (SSSR count). The number of imide groups is 2. The average Bonchev–Trinajstić information content (AvgIpc) is 3.31. The highest BCUT2D eigenvalue weighted by molar-refractivity contribution is 8.18. The van der Waals surface area contributed by atoms with E-state index in [2.05, 4.69) is 10.3 Å². The van der Waals surface area contributed by atoms with E-state index in [1.807, 2.05) is 0 Å². The molecule has 5 amide bonds. The highest BCUT2D eigenvalue weighted by Crippen LogP contribution is 2.34. The third kappa shape index (κ3) is 4.64. The lowest BCUT2D eigenvalue weighted by Crippen LogP contribution is -2.37. The number of carbonyl (C=O) groups is 5. The molecule has 2 aliphatic rings. The van der Waals surface area contributed by atoms with Crippen molar-refractivity contribution in [2.75, 3.05) is 18.0 Å². The van der Waals surface area contributed by atoms with Crippen LogP contribution in [-0.4, -0.2) is 51.8 Å². The van der Waals surface area contributed by atoms with E-state index in [9.17, 15) is 24.0 Å². The molecular weight excluding hydrogens is 516 g/mol. The van der Waals surface area contributed by atoms with Gasteiger partial charge in [-0.2, -0.15) is 0 Å². The van der Waals surface area contributed by atoms with Gasteiger partial charge in [0.2, 0.25) is 0 Å². The summed E-state index contributed by atoms with van der Waals surface area (Å²) in [5.74, 6) is -2.08. The SMILES string of the molecule is O=C(NCCN1C(=O)S/C(=C/c2cccnc2)C1=O)c1ccc2c(c1)C(=O)N(c1ccccc1Cl)C2=O. The number of nitrogens with one attached hydrogen (secondary N) is 1. The molecule has 0 aliphatic carbocycles. The quantitative estimate of drug-likeness (QED) is 0.376. The number of benzene rings is 2. The number of carbonyl (C=O) groups excluding carboxylic acids is 5. The summed E-state index contributed by atoms with van der Waals surface area (Å²) in [6, 6.07) is 14.2. The largest absolute Gasteiger partial charge is 0.350 e. The summed E-state index contributed by atoms with van der Waals surface area (Å²) in [7, 11) is 0. The van der Waals surface area contributed by atoms with Crippen molar-refractivity contribution < 1.29 is 24.0 Å². The second-order valence-electron chi connectivity index (χ2n) is 8.03. The van der Waals surface area contributed by atoms with Gasteiger partial charge < -0.3 is 5.32 Å². The summed E-state index contributed by atoms with van der Waals surface area (Å²) in [6.07, 6.45) is 4.78. The Labute approximate surface area is 220 Å². The minimum atomic E-state index is -0.582. The average molecular weight is 533 g/mol. The number of hydrogen-bond donors (Lipinski definition) is 1. The third-order valence-electron chi connectivity index (χ3n) is 5.72. The van der Waals surface area contributed by atoms with E-state index < -0.39 is 28.9 Å². The topological polar surface area (TPSA) is 117 Å². The molecule has 3 heterocycles. The second kappa shape index (κ2) is 10.00. The number of para-hydroxylation sites is 1. The van der Waals surface area contributed by atoms with Crippen LogP contribution in [0.2, 0.25) is 5.02 Å². The van der Waals surface area contributed by atoms with Gasteiger partial charge in [-0.25, -0.2) is 4.90 Å². The molecule has 2 aromatic carbocycles. The Morgan fingerprint density at radius 3 is 2.51 bits per heavy atom. The molecule has 184 valence electrons. The van der Waals surface area contributed by atoms with Gasteiger partial charge in [0.05, 0.1) is 26.7 Å². The van der Waals surface area contributed by atoms with Gasteiger partial charge in [-0.15, -0.1) is 0 Å². The van der Waals surface area contributed by atoms with Crippen molar-refractivity contribution in [3.63, 3.8) is 0 Å². The van der Waals surface area contributed by atoms with Crippen molar-refractivity contribution in [1.82, 2.24) is 15.2 Å². The van der Waals surface area contributed by atoms with Crippen LogP contribution in [0.1, 0.15) is 36.6 Å². The Morgan fingerprint density at radius 2 is 1.76 bits per heavy atom. The van der Waals surface area contributed by atoms with Gasteiger partial charge >= 0.3 is 0 Å². The highest BCUT2D eigenvalue weighted by atomic mass is 35.5. The number of fused-ring (bicyclic) bond motifs is 1. The summed E-state index contributed by atoms with van der Waals surface area (Å²) in [4.78, 5) is 69.8. The molecule has 1 saturated heterocycles. The Bertz CT molecular complexity index is 1510. The van der Waals surface area contributed by atoms with E-state index >= 15 is 0 Å². The van der Waals surface area contributed by atoms with Gasteiger partial charge in [0.25, 0.3) is 28.9 Å². The molecule has 1 fully saturated rings. The second-order valence-corrected chi connectivity index (χ2v) is 9.43. The fourth-order valence-corrected chi connectivity index (χ4v) is 5.01. The number of halogens is 1. The minimum absolute atomic E-state index is 0.00670. The number of nitrogens with zero attached hydrogens (tertiary/aromatic N) is 3. The van der Waals surface area contributed by atoms with Crippen LogP contribution in [0.3, 0.4) is 0 Å². The summed E-state index contributed by atoms with van der Waals surface area (Å²) >= 11 is 6.99. The van der Waals surface area contributed by atoms with E-state index in [0.29, 0.717) is 5.56 Å². The molecule has 1 aromatic heterocycles. The zero-order valence-electron chi connectivity index (χ0n) is 19.0. The number of amides is 5. The van der Waals surface area contributed by atoms with Crippen LogP contribution in [-0.2, 0) is 4.79 Å². The molecule has 1 N–H and O–H groups in total. The first-order valence-corrected chi connectivity index (χ1v) is 12.3. The van der Waals surface area contributed by atoms with Crippen molar-refractivity contribution in [3.8, 4) is 0 Å². The molecule has 0 unspecified atom stereocenters. The molecule has 3 aromatic rings. The maximum atomic E-state index is 13.0. The van der Waals surface area contributed by atoms with Crippen LogP contribution in [0.5, 0.6) is 0 Å². The first kappa shape index (κ1) is 24.4. The van der Waals surface area contributed by atoms with Crippen molar-refractivity contribution >= 4 is 64.0 Å². The molecule has 11 heteroatoms. The fourth-order valence-electron chi connectivity index (χ4n) is 3.92. The van der Waals surface area contributed by atoms with Crippen LogP contribution in [0, 0.1) is 0 Å². The number of anilines is 1. The zero-order chi connectivity index (χ0) is 26.1. The van der Waals surface area contributed by atoms with Crippen LogP contribution >= 0.6 is 23.4 Å². The Hall–Kier alpha value is -4.28. The lowest BCUT2D eigenvalue weighted by molar-refractivity contribution is -0.122. The van der Waals surface area contributed by atoms with E-state index in [4.69, 9.17) is 11.6 Å². The van der Waals surface area contributed by atoms with Crippen LogP contribution in [0.4, 0.5) is 10.5 Å². The van der Waals surface area contributed by atoms with E-state index in [1.54, 1.807) is 54.9 Å². The molecule has 0 bridgehead atoms.